The first-order valence-corrected chi connectivity index (χ1v) is 6.19. The minimum absolute atomic E-state index is 0.0614. The van der Waals surface area contributed by atoms with E-state index in [2.05, 4.69) is 0 Å². The number of halogens is 1. The number of carboxylic acids is 1. The maximum absolute atomic E-state index is 11.3. The molecule has 1 aromatic rings. The summed E-state index contributed by atoms with van der Waals surface area (Å²) in [7, 11) is 0. The number of benzene rings is 1. The van der Waals surface area contributed by atoms with Crippen molar-refractivity contribution in [3.63, 3.8) is 0 Å². The predicted molar refractivity (Wildman–Crippen MR) is 66.3 cm³/mol. The van der Waals surface area contributed by atoms with Crippen LogP contribution in [0.1, 0.15) is 36.0 Å². The van der Waals surface area contributed by atoms with Crippen LogP contribution in [-0.4, -0.2) is 23.0 Å². The van der Waals surface area contributed by atoms with Gasteiger partial charge in [0.2, 0.25) is 0 Å². The Balaban J connectivity index is 2.14. The van der Waals surface area contributed by atoms with E-state index in [1.807, 2.05) is 0 Å². The van der Waals surface area contributed by atoms with E-state index in [4.69, 9.17) is 21.4 Å². The zero-order valence-corrected chi connectivity index (χ0v) is 10.4. The normalized spacial score (nSPS) is 15.6. The highest BCUT2D eigenvalue weighted by molar-refractivity contribution is 6.40. The summed E-state index contributed by atoms with van der Waals surface area (Å²) in [5.74, 6) is -1.95. The van der Waals surface area contributed by atoms with Crippen LogP contribution in [0.4, 0.5) is 0 Å². The molecule has 1 aromatic carbocycles. The molecule has 0 spiro atoms. The smallest absolute Gasteiger partial charge is 0.377 e. The lowest BCUT2D eigenvalue weighted by molar-refractivity contribution is -0.131. The number of hydrogen-bond acceptors (Lipinski definition) is 3. The molecule has 1 fully saturated rings. The Hall–Kier alpha value is -1.55. The van der Waals surface area contributed by atoms with Crippen LogP contribution < -0.4 is 4.74 Å². The Labute approximate surface area is 110 Å². The fourth-order valence-corrected chi connectivity index (χ4v) is 2.27. The van der Waals surface area contributed by atoms with Crippen molar-refractivity contribution in [1.82, 2.24) is 0 Å². The van der Waals surface area contributed by atoms with Crippen LogP contribution in [0.2, 0.25) is 5.02 Å². The lowest BCUT2D eigenvalue weighted by Crippen LogP contribution is -2.14. The van der Waals surface area contributed by atoms with Crippen molar-refractivity contribution in [3.05, 3.63) is 28.8 Å². The Morgan fingerprint density at radius 1 is 1.28 bits per heavy atom. The molecule has 0 unspecified atom stereocenters. The quantitative estimate of drug-likeness (QED) is 0.674. The molecular weight excluding hydrogens is 256 g/mol. The number of carbonyl (C=O) groups excluding carboxylic acids is 1. The lowest BCUT2D eigenvalue weighted by Gasteiger charge is -2.14. The molecule has 1 saturated carbocycles. The molecule has 18 heavy (non-hydrogen) atoms. The highest BCUT2D eigenvalue weighted by Gasteiger charge is 2.19. The van der Waals surface area contributed by atoms with Crippen molar-refractivity contribution in [1.29, 1.82) is 0 Å². The maximum atomic E-state index is 11.3. The van der Waals surface area contributed by atoms with E-state index in [1.54, 1.807) is 6.07 Å². The van der Waals surface area contributed by atoms with Crippen molar-refractivity contribution in [2.24, 2.45) is 0 Å². The van der Waals surface area contributed by atoms with Crippen LogP contribution in [-0.2, 0) is 4.79 Å². The van der Waals surface area contributed by atoms with Crippen molar-refractivity contribution in [2.45, 2.75) is 31.8 Å². The highest BCUT2D eigenvalue weighted by Crippen LogP contribution is 2.30. The van der Waals surface area contributed by atoms with Crippen LogP contribution in [0.5, 0.6) is 5.75 Å². The Kier molecular flexibility index (Phi) is 3.87. The van der Waals surface area contributed by atoms with Gasteiger partial charge in [-0.3, -0.25) is 4.79 Å². The van der Waals surface area contributed by atoms with Crippen LogP contribution in [0.15, 0.2) is 18.2 Å². The van der Waals surface area contributed by atoms with Gasteiger partial charge in [0.15, 0.2) is 0 Å². The van der Waals surface area contributed by atoms with Crippen LogP contribution in [0, 0.1) is 0 Å². The third kappa shape index (κ3) is 2.82. The number of carboxylic acid groups (broad SMARTS) is 1. The van der Waals surface area contributed by atoms with E-state index >= 15 is 0 Å². The first-order valence-electron chi connectivity index (χ1n) is 5.82. The largest absolute Gasteiger partial charge is 0.489 e. The number of Topliss-reactive ketones (excluding diaryl/α,β-unsaturated/α-hetero) is 1. The molecule has 96 valence electrons. The van der Waals surface area contributed by atoms with E-state index < -0.39 is 11.8 Å². The zero-order chi connectivity index (χ0) is 13.1. The summed E-state index contributed by atoms with van der Waals surface area (Å²) in [6.07, 6.45) is 4.48. The lowest BCUT2D eigenvalue weighted by atomic mass is 10.1. The molecule has 0 atom stereocenters. The van der Waals surface area contributed by atoms with Gasteiger partial charge in [0.1, 0.15) is 5.75 Å². The molecule has 0 saturated heterocycles. The zero-order valence-electron chi connectivity index (χ0n) is 9.69. The molecule has 1 aliphatic rings. The van der Waals surface area contributed by atoms with Crippen LogP contribution in [0.25, 0.3) is 0 Å². The van der Waals surface area contributed by atoms with E-state index in [9.17, 15) is 9.59 Å². The average Bonchev–Trinajstić information content (AvgIpc) is 2.83. The first-order chi connectivity index (χ1) is 8.58. The fraction of sp³-hybridized carbons (Fsp3) is 0.385. The van der Waals surface area contributed by atoms with Gasteiger partial charge in [-0.15, -0.1) is 0 Å². The van der Waals surface area contributed by atoms with Crippen molar-refractivity contribution in [2.75, 3.05) is 0 Å². The second-order valence-electron chi connectivity index (χ2n) is 4.30. The van der Waals surface area contributed by atoms with E-state index in [-0.39, 0.29) is 16.7 Å². The molecule has 0 aliphatic heterocycles. The molecule has 1 aliphatic carbocycles. The molecule has 4 nitrogen and oxygen atoms in total. The van der Waals surface area contributed by atoms with Gasteiger partial charge in [0.05, 0.1) is 11.1 Å². The summed E-state index contributed by atoms with van der Waals surface area (Å²) in [5, 5.41) is 8.87. The summed E-state index contributed by atoms with van der Waals surface area (Å²) in [6.45, 7) is 0. The molecule has 0 amide bonds. The molecule has 0 bridgehead atoms. The van der Waals surface area contributed by atoms with E-state index in [0.717, 1.165) is 25.7 Å². The predicted octanol–water partition coefficient (Wildman–Crippen LogP) is 2.93. The third-order valence-electron chi connectivity index (χ3n) is 2.98. The second-order valence-corrected chi connectivity index (χ2v) is 4.71. The van der Waals surface area contributed by atoms with Crippen LogP contribution in [0.3, 0.4) is 0 Å². The fourth-order valence-electron chi connectivity index (χ4n) is 2.05. The Bertz CT molecular complexity index is 478. The molecule has 1 N–H and O–H groups in total. The van der Waals surface area contributed by atoms with Crippen LogP contribution >= 0.6 is 11.6 Å². The molecule has 0 aromatic heterocycles. The molecule has 0 heterocycles. The highest BCUT2D eigenvalue weighted by atomic mass is 35.5. The second kappa shape index (κ2) is 5.40. The SMILES string of the molecule is O=C(O)C(=O)c1ccc(OC2CCCC2)c(Cl)c1. The van der Waals surface area contributed by atoms with Gasteiger partial charge in [-0.25, -0.2) is 4.79 Å². The average molecular weight is 269 g/mol. The van der Waals surface area contributed by atoms with Gasteiger partial charge in [-0.05, 0) is 43.9 Å². The topological polar surface area (TPSA) is 63.6 Å². The molecule has 2 rings (SSSR count). The minimum atomic E-state index is -1.49. The number of aliphatic carboxylic acids is 1. The number of ether oxygens (including phenoxy) is 1. The summed E-state index contributed by atoms with van der Waals surface area (Å²) in [6, 6.07) is 4.31. The van der Waals surface area contributed by atoms with Crippen molar-refractivity contribution in [3.8, 4) is 5.75 Å². The number of carbonyl (C=O) groups is 2. The summed E-state index contributed by atoms with van der Waals surface area (Å²) in [4.78, 5) is 21.8. The van der Waals surface area contributed by atoms with Gasteiger partial charge in [0.25, 0.3) is 5.78 Å². The van der Waals surface area contributed by atoms with Gasteiger partial charge in [0, 0.05) is 5.56 Å². The van der Waals surface area contributed by atoms with E-state index in [0.29, 0.717) is 5.75 Å². The molecular formula is C13H13ClO4. The number of rotatable bonds is 4. The minimum Gasteiger partial charge on any atom is -0.489 e. The molecule has 5 heteroatoms. The number of hydrogen-bond donors (Lipinski definition) is 1. The van der Waals surface area contributed by atoms with Crippen molar-refractivity contribution < 1.29 is 19.4 Å². The Morgan fingerprint density at radius 3 is 2.50 bits per heavy atom. The summed E-state index contributed by atoms with van der Waals surface area (Å²) < 4.78 is 5.71. The molecule has 0 radical (unpaired) electrons. The van der Waals surface area contributed by atoms with E-state index in [1.165, 1.54) is 12.1 Å². The standard InChI is InChI=1S/C13H13ClO4/c14-10-7-8(12(15)13(16)17)5-6-11(10)18-9-3-1-2-4-9/h5-7,9H,1-4H2,(H,16,17). The van der Waals surface area contributed by atoms with Gasteiger partial charge in [-0.1, -0.05) is 11.6 Å². The summed E-state index contributed by atoms with van der Waals surface area (Å²) in [5.41, 5.74) is 0.0614. The van der Waals surface area contributed by atoms with Gasteiger partial charge >= 0.3 is 5.97 Å². The monoisotopic (exact) mass is 268 g/mol. The third-order valence-corrected chi connectivity index (χ3v) is 3.28. The Morgan fingerprint density at radius 2 is 1.94 bits per heavy atom. The van der Waals surface area contributed by atoms with Gasteiger partial charge in [-0.2, -0.15) is 0 Å². The van der Waals surface area contributed by atoms with Crippen molar-refractivity contribution >= 4 is 23.4 Å². The van der Waals surface area contributed by atoms with Gasteiger partial charge < -0.3 is 9.84 Å². The maximum Gasteiger partial charge on any atom is 0.377 e. The summed E-state index contributed by atoms with van der Waals surface area (Å²) >= 11 is 5.99. The number of ketones is 1. The first kappa shape index (κ1) is 12.9.